The van der Waals surface area contributed by atoms with Crippen LogP contribution in [0.5, 0.6) is 5.75 Å². The van der Waals surface area contributed by atoms with E-state index in [1.54, 1.807) is 24.3 Å². The summed E-state index contributed by atoms with van der Waals surface area (Å²) in [5.41, 5.74) is 2.38. The number of anilines is 1. The number of amides is 2. The molecular formula is C23H28N2O3. The quantitative estimate of drug-likeness (QED) is 0.814. The SMILES string of the molecule is CCc1cccc(OCC(=O)Nc2cccc(C(=O)N3CCCCCC3)c2)c1. The van der Waals surface area contributed by atoms with Crippen molar-refractivity contribution in [1.82, 2.24) is 4.90 Å². The molecule has 0 aromatic heterocycles. The maximum atomic E-state index is 12.8. The fourth-order valence-corrected chi connectivity index (χ4v) is 3.39. The van der Waals surface area contributed by atoms with Gasteiger partial charge in [0.15, 0.2) is 6.61 Å². The summed E-state index contributed by atoms with van der Waals surface area (Å²) in [5, 5.41) is 2.82. The molecule has 2 aromatic rings. The zero-order valence-corrected chi connectivity index (χ0v) is 16.4. The van der Waals surface area contributed by atoms with Crippen molar-refractivity contribution in [3.63, 3.8) is 0 Å². The van der Waals surface area contributed by atoms with E-state index in [1.807, 2.05) is 29.2 Å². The third kappa shape index (κ3) is 5.59. The number of carbonyl (C=O) groups is 2. The van der Waals surface area contributed by atoms with E-state index in [1.165, 1.54) is 12.8 Å². The van der Waals surface area contributed by atoms with Gasteiger partial charge in [-0.1, -0.05) is 38.0 Å². The number of ether oxygens (including phenoxy) is 1. The van der Waals surface area contributed by atoms with Gasteiger partial charge in [0.2, 0.25) is 0 Å². The Balaban J connectivity index is 1.57. The molecule has 0 atom stereocenters. The molecule has 1 fully saturated rings. The van der Waals surface area contributed by atoms with Crippen LogP contribution in [0.1, 0.15) is 48.5 Å². The van der Waals surface area contributed by atoms with Gasteiger partial charge in [0.25, 0.3) is 11.8 Å². The highest BCUT2D eigenvalue weighted by molar-refractivity contribution is 5.97. The number of aryl methyl sites for hydroxylation is 1. The zero-order chi connectivity index (χ0) is 19.8. The van der Waals surface area contributed by atoms with Crippen LogP contribution in [0.25, 0.3) is 0 Å². The van der Waals surface area contributed by atoms with Crippen molar-refractivity contribution in [2.75, 3.05) is 25.0 Å². The number of benzene rings is 2. The van der Waals surface area contributed by atoms with E-state index in [2.05, 4.69) is 12.2 Å². The van der Waals surface area contributed by atoms with Gasteiger partial charge in [-0.15, -0.1) is 0 Å². The minimum Gasteiger partial charge on any atom is -0.484 e. The molecule has 1 aliphatic rings. The number of hydrogen-bond acceptors (Lipinski definition) is 3. The second-order valence-corrected chi connectivity index (χ2v) is 7.13. The van der Waals surface area contributed by atoms with Gasteiger partial charge in [-0.3, -0.25) is 9.59 Å². The molecule has 1 aliphatic heterocycles. The highest BCUT2D eigenvalue weighted by Gasteiger charge is 2.17. The Morgan fingerprint density at radius 2 is 1.75 bits per heavy atom. The van der Waals surface area contributed by atoms with Crippen molar-refractivity contribution in [2.45, 2.75) is 39.0 Å². The lowest BCUT2D eigenvalue weighted by molar-refractivity contribution is -0.118. The van der Waals surface area contributed by atoms with Crippen LogP contribution >= 0.6 is 0 Å². The molecule has 28 heavy (non-hydrogen) atoms. The molecular weight excluding hydrogens is 352 g/mol. The van der Waals surface area contributed by atoms with Crippen LogP contribution < -0.4 is 10.1 Å². The summed E-state index contributed by atoms with van der Waals surface area (Å²) >= 11 is 0. The predicted molar refractivity (Wildman–Crippen MR) is 111 cm³/mol. The molecule has 5 nitrogen and oxygen atoms in total. The minimum absolute atomic E-state index is 0.0330. The Bertz CT molecular complexity index is 811. The van der Waals surface area contributed by atoms with Crippen molar-refractivity contribution in [3.05, 3.63) is 59.7 Å². The Morgan fingerprint density at radius 1 is 1.00 bits per heavy atom. The van der Waals surface area contributed by atoms with Gasteiger partial charge in [-0.25, -0.2) is 0 Å². The van der Waals surface area contributed by atoms with Gasteiger partial charge in [-0.2, -0.15) is 0 Å². The lowest BCUT2D eigenvalue weighted by Gasteiger charge is -2.20. The molecule has 0 bridgehead atoms. The van der Waals surface area contributed by atoms with E-state index in [0.717, 1.165) is 37.9 Å². The van der Waals surface area contributed by atoms with E-state index < -0.39 is 0 Å². The van der Waals surface area contributed by atoms with Crippen molar-refractivity contribution in [1.29, 1.82) is 0 Å². The first kappa shape index (κ1) is 19.9. The maximum absolute atomic E-state index is 12.8. The van der Waals surface area contributed by atoms with Crippen LogP contribution in [-0.2, 0) is 11.2 Å². The molecule has 2 amide bonds. The van der Waals surface area contributed by atoms with Crippen molar-refractivity contribution >= 4 is 17.5 Å². The number of carbonyl (C=O) groups excluding carboxylic acids is 2. The van der Waals surface area contributed by atoms with Gasteiger partial charge >= 0.3 is 0 Å². The Labute approximate surface area is 166 Å². The smallest absolute Gasteiger partial charge is 0.262 e. The first-order valence-electron chi connectivity index (χ1n) is 10.1. The normalized spacial score (nSPS) is 14.2. The molecule has 0 spiro atoms. The summed E-state index contributed by atoms with van der Waals surface area (Å²) in [7, 11) is 0. The third-order valence-corrected chi connectivity index (χ3v) is 4.96. The summed E-state index contributed by atoms with van der Waals surface area (Å²) in [4.78, 5) is 26.9. The Kier molecular flexibility index (Phi) is 7.06. The lowest BCUT2D eigenvalue weighted by atomic mass is 10.1. The summed E-state index contributed by atoms with van der Waals surface area (Å²) < 4.78 is 5.58. The van der Waals surface area contributed by atoms with Gasteiger partial charge in [0.05, 0.1) is 0 Å². The lowest BCUT2D eigenvalue weighted by Crippen LogP contribution is -2.31. The number of hydrogen-bond donors (Lipinski definition) is 1. The monoisotopic (exact) mass is 380 g/mol. The minimum atomic E-state index is -0.249. The molecule has 1 N–H and O–H groups in total. The molecule has 0 unspecified atom stereocenters. The summed E-state index contributed by atoms with van der Waals surface area (Å²) in [6, 6.07) is 14.9. The maximum Gasteiger partial charge on any atom is 0.262 e. The Morgan fingerprint density at radius 3 is 2.50 bits per heavy atom. The largest absolute Gasteiger partial charge is 0.484 e. The molecule has 0 radical (unpaired) electrons. The second-order valence-electron chi connectivity index (χ2n) is 7.13. The van der Waals surface area contributed by atoms with E-state index in [9.17, 15) is 9.59 Å². The van der Waals surface area contributed by atoms with Gasteiger partial charge in [-0.05, 0) is 55.2 Å². The fraction of sp³-hybridized carbons (Fsp3) is 0.391. The standard InChI is InChI=1S/C23H28N2O3/c1-2-18-9-7-12-21(15-18)28-17-22(26)24-20-11-8-10-19(16-20)23(27)25-13-5-3-4-6-14-25/h7-12,15-16H,2-6,13-14,17H2,1H3,(H,24,26). The van der Waals surface area contributed by atoms with Crippen LogP contribution in [0.2, 0.25) is 0 Å². The predicted octanol–water partition coefficient (Wildman–Crippen LogP) is 4.28. The Hall–Kier alpha value is -2.82. The molecule has 2 aromatic carbocycles. The first-order valence-corrected chi connectivity index (χ1v) is 10.1. The van der Waals surface area contributed by atoms with Crippen molar-refractivity contribution < 1.29 is 14.3 Å². The average Bonchev–Trinajstić information content (AvgIpc) is 3.01. The second kappa shape index (κ2) is 9.93. The topological polar surface area (TPSA) is 58.6 Å². The van der Waals surface area contributed by atoms with Gasteiger partial charge in [0.1, 0.15) is 5.75 Å². The van der Waals surface area contributed by atoms with Crippen molar-refractivity contribution in [2.24, 2.45) is 0 Å². The number of nitrogens with zero attached hydrogens (tertiary/aromatic N) is 1. The van der Waals surface area contributed by atoms with Crippen LogP contribution in [0.15, 0.2) is 48.5 Å². The van der Waals surface area contributed by atoms with E-state index in [4.69, 9.17) is 4.74 Å². The van der Waals surface area contributed by atoms with Crippen LogP contribution in [0, 0.1) is 0 Å². The third-order valence-electron chi connectivity index (χ3n) is 4.96. The number of nitrogens with one attached hydrogen (secondary N) is 1. The molecule has 3 rings (SSSR count). The van der Waals surface area contributed by atoms with Crippen LogP contribution in [-0.4, -0.2) is 36.4 Å². The fourth-order valence-electron chi connectivity index (χ4n) is 3.39. The summed E-state index contributed by atoms with van der Waals surface area (Å²) in [6.07, 6.45) is 5.39. The summed E-state index contributed by atoms with van der Waals surface area (Å²) in [5.74, 6) is 0.464. The van der Waals surface area contributed by atoms with E-state index in [-0.39, 0.29) is 18.4 Å². The van der Waals surface area contributed by atoms with Gasteiger partial charge in [0, 0.05) is 24.3 Å². The molecule has 5 heteroatoms. The van der Waals surface area contributed by atoms with Crippen LogP contribution in [0.4, 0.5) is 5.69 Å². The number of rotatable bonds is 6. The molecule has 0 aliphatic carbocycles. The molecule has 148 valence electrons. The first-order chi connectivity index (χ1) is 13.7. The zero-order valence-electron chi connectivity index (χ0n) is 16.4. The molecule has 1 heterocycles. The summed E-state index contributed by atoms with van der Waals surface area (Å²) in [6.45, 7) is 3.61. The van der Waals surface area contributed by atoms with E-state index >= 15 is 0 Å². The highest BCUT2D eigenvalue weighted by atomic mass is 16.5. The van der Waals surface area contributed by atoms with E-state index in [0.29, 0.717) is 17.0 Å². The highest BCUT2D eigenvalue weighted by Crippen LogP contribution is 2.17. The molecule has 1 saturated heterocycles. The number of likely N-dealkylation sites (tertiary alicyclic amines) is 1. The van der Waals surface area contributed by atoms with Gasteiger partial charge < -0.3 is 15.0 Å². The van der Waals surface area contributed by atoms with Crippen molar-refractivity contribution in [3.8, 4) is 5.75 Å². The van der Waals surface area contributed by atoms with Crippen LogP contribution in [0.3, 0.4) is 0 Å². The molecule has 0 saturated carbocycles. The average molecular weight is 380 g/mol.